The highest BCUT2D eigenvalue weighted by molar-refractivity contribution is 5.98. The zero-order chi connectivity index (χ0) is 12.4. The van der Waals surface area contributed by atoms with Gasteiger partial charge in [0.05, 0.1) is 6.10 Å². The van der Waals surface area contributed by atoms with E-state index in [1.807, 2.05) is 19.1 Å². The molecule has 0 radical (unpaired) electrons. The van der Waals surface area contributed by atoms with Crippen molar-refractivity contribution < 1.29 is 9.57 Å². The van der Waals surface area contributed by atoms with Crippen LogP contribution in [0.1, 0.15) is 25.3 Å². The minimum absolute atomic E-state index is 0.0788. The lowest BCUT2D eigenvalue weighted by molar-refractivity contribution is -0.0903. The molecule has 2 heterocycles. The van der Waals surface area contributed by atoms with Crippen LogP contribution in [0.3, 0.4) is 0 Å². The van der Waals surface area contributed by atoms with Crippen LogP contribution in [0.5, 0.6) is 0 Å². The van der Waals surface area contributed by atoms with Gasteiger partial charge in [-0.1, -0.05) is 0 Å². The fourth-order valence-electron chi connectivity index (χ4n) is 2.35. The molecule has 0 spiro atoms. The minimum atomic E-state index is -0.0788. The van der Waals surface area contributed by atoms with E-state index in [9.17, 15) is 0 Å². The van der Waals surface area contributed by atoms with Crippen molar-refractivity contribution in [2.75, 3.05) is 6.61 Å². The predicted octanol–water partition coefficient (Wildman–Crippen LogP) is 1.50. The maximum Gasteiger partial charge on any atom is 0.180 e. The molecule has 0 amide bonds. The number of rotatable bonds is 4. The summed E-state index contributed by atoms with van der Waals surface area (Å²) in [6.45, 7) is 2.81. The van der Waals surface area contributed by atoms with Gasteiger partial charge >= 0.3 is 0 Å². The van der Waals surface area contributed by atoms with Gasteiger partial charge in [0.25, 0.3) is 0 Å². The summed E-state index contributed by atoms with van der Waals surface area (Å²) in [5.74, 6) is 1.26. The second-order valence-corrected chi connectivity index (χ2v) is 4.63. The molecule has 1 atom stereocenters. The number of ether oxygens (including phenoxy) is 1. The average Bonchev–Trinajstić information content (AvgIpc) is 2.83. The number of nitrogens with one attached hydrogen (secondary N) is 1. The van der Waals surface area contributed by atoms with Crippen molar-refractivity contribution in [1.29, 1.82) is 0 Å². The van der Waals surface area contributed by atoms with E-state index in [1.165, 1.54) is 0 Å². The molecule has 0 aromatic carbocycles. The highest BCUT2D eigenvalue weighted by Gasteiger charge is 2.38. The first-order valence-electron chi connectivity index (χ1n) is 6.38. The van der Waals surface area contributed by atoms with Gasteiger partial charge in [-0.2, -0.15) is 0 Å². The van der Waals surface area contributed by atoms with Crippen molar-refractivity contribution in [2.24, 2.45) is 10.9 Å². The van der Waals surface area contributed by atoms with Gasteiger partial charge < -0.3 is 4.74 Å². The normalized spacial score (nSPS) is 30.5. The monoisotopic (exact) mass is 247 g/mol. The number of aromatic nitrogens is 1. The predicted molar refractivity (Wildman–Crippen MR) is 66.9 cm³/mol. The van der Waals surface area contributed by atoms with Crippen molar-refractivity contribution in [3.8, 4) is 0 Å². The number of pyridine rings is 1. The van der Waals surface area contributed by atoms with E-state index in [0.29, 0.717) is 12.0 Å². The zero-order valence-electron chi connectivity index (χ0n) is 10.4. The maximum atomic E-state index is 5.55. The van der Waals surface area contributed by atoms with Crippen LogP contribution < -0.4 is 5.48 Å². The molecule has 18 heavy (non-hydrogen) atoms. The van der Waals surface area contributed by atoms with E-state index < -0.39 is 0 Å². The van der Waals surface area contributed by atoms with Gasteiger partial charge in [-0.05, 0) is 31.9 Å². The lowest BCUT2D eigenvalue weighted by atomic mass is 9.81. The third-order valence-electron chi connectivity index (χ3n) is 3.42. The number of hydrogen-bond acceptors (Lipinski definition) is 5. The molecule has 3 rings (SSSR count). The summed E-state index contributed by atoms with van der Waals surface area (Å²) < 4.78 is 5.55. The van der Waals surface area contributed by atoms with Crippen LogP contribution in [-0.4, -0.2) is 29.8 Å². The minimum Gasteiger partial charge on any atom is -0.378 e. The van der Waals surface area contributed by atoms with Crippen molar-refractivity contribution in [3.63, 3.8) is 0 Å². The first-order chi connectivity index (χ1) is 8.86. The fourth-order valence-corrected chi connectivity index (χ4v) is 2.35. The molecule has 5 heteroatoms. The molecular formula is C13H17N3O2. The van der Waals surface area contributed by atoms with E-state index in [-0.39, 0.29) is 6.23 Å². The first-order valence-corrected chi connectivity index (χ1v) is 6.38. The number of nitrogens with zero attached hydrogens (tertiary/aromatic N) is 2. The molecule has 1 aliphatic carbocycles. The van der Waals surface area contributed by atoms with E-state index in [4.69, 9.17) is 9.57 Å². The molecule has 0 unspecified atom stereocenters. The van der Waals surface area contributed by atoms with Crippen LogP contribution in [0.2, 0.25) is 0 Å². The van der Waals surface area contributed by atoms with E-state index >= 15 is 0 Å². The van der Waals surface area contributed by atoms with Crippen LogP contribution in [0.4, 0.5) is 0 Å². The summed E-state index contributed by atoms with van der Waals surface area (Å²) in [5, 5.41) is 0. The summed E-state index contributed by atoms with van der Waals surface area (Å²) in [6.07, 6.45) is 5.89. The Bertz CT molecular complexity index is 429. The van der Waals surface area contributed by atoms with Crippen LogP contribution in [0.25, 0.3) is 0 Å². The molecule has 96 valence electrons. The number of hydrogen-bond donors (Lipinski definition) is 1. The van der Waals surface area contributed by atoms with Crippen LogP contribution >= 0.6 is 0 Å². The summed E-state index contributed by atoms with van der Waals surface area (Å²) >= 11 is 0. The van der Waals surface area contributed by atoms with Gasteiger partial charge in [0, 0.05) is 30.5 Å². The Morgan fingerprint density at radius 3 is 2.89 bits per heavy atom. The van der Waals surface area contributed by atoms with E-state index in [0.717, 1.165) is 30.8 Å². The molecule has 1 aliphatic heterocycles. The molecule has 1 fully saturated rings. The standard InChI is InChI=1S/C13H17N3O2/c1-2-17-11-7-10(8-11)13-15-12(16-18-13)9-3-5-14-6-4-9/h3-6,10-11,13H,2,7-8H2,1H3,(H,15,16)/t10?,11?,13-/m0/s1. The smallest absolute Gasteiger partial charge is 0.180 e. The van der Waals surface area contributed by atoms with Gasteiger partial charge in [0.2, 0.25) is 0 Å². The zero-order valence-corrected chi connectivity index (χ0v) is 10.4. The van der Waals surface area contributed by atoms with E-state index in [2.05, 4.69) is 15.5 Å². The average molecular weight is 247 g/mol. The molecule has 1 aromatic rings. The summed E-state index contributed by atoms with van der Waals surface area (Å²) in [5.41, 5.74) is 3.91. The first kappa shape index (κ1) is 11.6. The van der Waals surface area contributed by atoms with Crippen LogP contribution in [0, 0.1) is 5.92 Å². The third kappa shape index (κ3) is 2.23. The Balaban J connectivity index is 1.60. The second-order valence-electron chi connectivity index (χ2n) is 4.63. The quantitative estimate of drug-likeness (QED) is 0.876. The lowest BCUT2D eigenvalue weighted by Gasteiger charge is -2.36. The molecule has 1 saturated carbocycles. The summed E-state index contributed by atoms with van der Waals surface area (Å²) in [4.78, 5) is 14.1. The van der Waals surface area contributed by atoms with E-state index in [1.54, 1.807) is 12.4 Å². The van der Waals surface area contributed by atoms with Crippen molar-refractivity contribution in [2.45, 2.75) is 32.1 Å². The Morgan fingerprint density at radius 2 is 2.17 bits per heavy atom. The highest BCUT2D eigenvalue weighted by Crippen LogP contribution is 2.35. The van der Waals surface area contributed by atoms with Crippen LogP contribution in [0.15, 0.2) is 29.5 Å². The SMILES string of the molecule is CCOC1CC([C@H]2N=C(c3ccncc3)NO2)C1. The Labute approximate surface area is 106 Å². The number of amidine groups is 1. The maximum absolute atomic E-state index is 5.55. The van der Waals surface area contributed by atoms with Crippen molar-refractivity contribution >= 4 is 5.84 Å². The van der Waals surface area contributed by atoms with Gasteiger partial charge in [-0.3, -0.25) is 4.98 Å². The molecule has 2 aliphatic rings. The van der Waals surface area contributed by atoms with Crippen molar-refractivity contribution in [3.05, 3.63) is 30.1 Å². The molecule has 1 N–H and O–H groups in total. The van der Waals surface area contributed by atoms with Crippen LogP contribution in [-0.2, 0) is 9.57 Å². The second kappa shape index (κ2) is 5.04. The molecule has 5 nitrogen and oxygen atoms in total. The third-order valence-corrected chi connectivity index (χ3v) is 3.42. The summed E-state index contributed by atoms with van der Waals surface area (Å²) in [6, 6.07) is 3.84. The largest absolute Gasteiger partial charge is 0.378 e. The fraction of sp³-hybridized carbons (Fsp3) is 0.538. The molecule has 1 aromatic heterocycles. The molecular weight excluding hydrogens is 230 g/mol. The lowest BCUT2D eigenvalue weighted by Crippen LogP contribution is -2.38. The topological polar surface area (TPSA) is 55.7 Å². The Hall–Kier alpha value is -1.46. The summed E-state index contributed by atoms with van der Waals surface area (Å²) in [7, 11) is 0. The number of aliphatic imine (C=N–C) groups is 1. The number of hydroxylamine groups is 1. The van der Waals surface area contributed by atoms with Gasteiger partial charge in [-0.15, -0.1) is 0 Å². The van der Waals surface area contributed by atoms with Gasteiger partial charge in [-0.25, -0.2) is 15.3 Å². The highest BCUT2D eigenvalue weighted by atomic mass is 16.7. The Kier molecular flexibility index (Phi) is 3.25. The van der Waals surface area contributed by atoms with Gasteiger partial charge in [0.15, 0.2) is 12.1 Å². The Morgan fingerprint density at radius 1 is 1.39 bits per heavy atom. The molecule has 0 saturated heterocycles. The van der Waals surface area contributed by atoms with Crippen molar-refractivity contribution in [1.82, 2.24) is 10.5 Å². The van der Waals surface area contributed by atoms with Gasteiger partial charge in [0.1, 0.15) is 0 Å². The molecule has 0 bridgehead atoms.